The fourth-order valence-corrected chi connectivity index (χ4v) is 5.92. The van der Waals surface area contributed by atoms with Crippen LogP contribution in [0, 0.1) is 13.8 Å². The monoisotopic (exact) mass is 428 g/mol. The van der Waals surface area contributed by atoms with Gasteiger partial charge in [-0.25, -0.2) is 8.42 Å². The average molecular weight is 429 g/mol. The maximum Gasteiger partial charge on any atom is 0.243 e. The first-order chi connectivity index (χ1) is 14.2. The van der Waals surface area contributed by atoms with Gasteiger partial charge in [0.2, 0.25) is 15.9 Å². The Labute approximate surface area is 178 Å². The van der Waals surface area contributed by atoms with Crippen LogP contribution < -0.4 is 4.74 Å². The van der Waals surface area contributed by atoms with Gasteiger partial charge in [-0.1, -0.05) is 35.4 Å². The minimum Gasteiger partial charge on any atom is -0.484 e. The highest BCUT2D eigenvalue weighted by Gasteiger charge is 2.45. The highest BCUT2D eigenvalue weighted by Crippen LogP contribution is 2.36. The average Bonchev–Trinajstić information content (AvgIpc) is 2.85. The Hall–Kier alpha value is -2.38. The summed E-state index contributed by atoms with van der Waals surface area (Å²) in [5.41, 5.74) is 2.31. The van der Waals surface area contributed by atoms with Gasteiger partial charge in [0.05, 0.1) is 18.0 Å². The zero-order valence-electron chi connectivity index (χ0n) is 17.7. The molecule has 4 rings (SSSR count). The van der Waals surface area contributed by atoms with Crippen molar-refractivity contribution in [3.63, 3.8) is 0 Å². The molecule has 30 heavy (non-hydrogen) atoms. The lowest BCUT2D eigenvalue weighted by atomic mass is 9.93. The van der Waals surface area contributed by atoms with Crippen LogP contribution in [0.4, 0.5) is 0 Å². The number of sulfonamides is 1. The number of aryl methyl sites for hydroxylation is 2. The summed E-state index contributed by atoms with van der Waals surface area (Å²) in [6.07, 6.45) is 1.38. The predicted molar refractivity (Wildman–Crippen MR) is 115 cm³/mol. The molecular weight excluding hydrogens is 400 g/mol. The Bertz CT molecular complexity index is 1070. The van der Waals surface area contributed by atoms with Crippen LogP contribution in [0.5, 0.6) is 5.75 Å². The molecular formula is C23H28N2O4S. The smallest absolute Gasteiger partial charge is 0.243 e. The third-order valence-corrected chi connectivity index (χ3v) is 7.85. The second kappa shape index (κ2) is 7.71. The number of fused-ring (bicyclic) bond motifs is 1. The minimum atomic E-state index is -3.64. The van der Waals surface area contributed by atoms with Gasteiger partial charge in [-0.15, -0.1) is 0 Å². The van der Waals surface area contributed by atoms with Gasteiger partial charge in [0.15, 0.2) is 0 Å². The Morgan fingerprint density at radius 1 is 1.03 bits per heavy atom. The summed E-state index contributed by atoms with van der Waals surface area (Å²) in [4.78, 5) is 14.4. The fourth-order valence-electron chi connectivity index (χ4n) is 4.36. The molecule has 2 aromatic carbocycles. The molecule has 0 unspecified atom stereocenters. The minimum absolute atomic E-state index is 0.0363. The van der Waals surface area contributed by atoms with E-state index in [0.717, 1.165) is 22.4 Å². The lowest BCUT2D eigenvalue weighted by molar-refractivity contribution is -0.132. The van der Waals surface area contributed by atoms with Crippen LogP contribution in [0.25, 0.3) is 0 Å². The number of carbonyl (C=O) groups is 1. The Morgan fingerprint density at radius 3 is 2.43 bits per heavy atom. The van der Waals surface area contributed by atoms with Gasteiger partial charge < -0.3 is 9.64 Å². The molecule has 2 aliphatic heterocycles. The van der Waals surface area contributed by atoms with Crippen molar-refractivity contribution < 1.29 is 17.9 Å². The van der Waals surface area contributed by atoms with E-state index in [4.69, 9.17) is 4.74 Å². The normalized spacial score (nSPS) is 22.3. The molecule has 6 nitrogen and oxygen atoms in total. The van der Waals surface area contributed by atoms with Crippen LogP contribution in [-0.2, 0) is 21.4 Å². The van der Waals surface area contributed by atoms with E-state index in [9.17, 15) is 13.2 Å². The van der Waals surface area contributed by atoms with E-state index in [-0.39, 0.29) is 12.5 Å². The van der Waals surface area contributed by atoms with Crippen molar-refractivity contribution in [1.82, 2.24) is 9.21 Å². The molecule has 160 valence electrons. The van der Waals surface area contributed by atoms with Crippen molar-refractivity contribution in [2.45, 2.75) is 50.7 Å². The van der Waals surface area contributed by atoms with Crippen molar-refractivity contribution in [3.8, 4) is 5.75 Å². The predicted octanol–water partition coefficient (Wildman–Crippen LogP) is 3.27. The molecule has 0 aromatic heterocycles. The molecule has 2 heterocycles. The van der Waals surface area contributed by atoms with Gasteiger partial charge in [-0.05, 0) is 44.9 Å². The number of benzene rings is 2. The van der Waals surface area contributed by atoms with Crippen molar-refractivity contribution >= 4 is 15.9 Å². The molecule has 1 saturated heterocycles. The quantitative estimate of drug-likeness (QED) is 0.736. The molecule has 0 aliphatic carbocycles. The highest BCUT2D eigenvalue weighted by atomic mass is 32.2. The van der Waals surface area contributed by atoms with E-state index in [0.29, 0.717) is 37.4 Å². The second-order valence-corrected chi connectivity index (χ2v) is 10.5. The summed E-state index contributed by atoms with van der Waals surface area (Å²) in [5.74, 6) is 0.699. The van der Waals surface area contributed by atoms with Crippen LogP contribution in [0.2, 0.25) is 0 Å². The number of rotatable bonds is 2. The van der Waals surface area contributed by atoms with Crippen molar-refractivity contribution in [3.05, 3.63) is 59.2 Å². The van der Waals surface area contributed by atoms with E-state index in [1.807, 2.05) is 44.2 Å². The van der Waals surface area contributed by atoms with Gasteiger partial charge in [-0.3, -0.25) is 4.79 Å². The molecule has 0 bridgehead atoms. The van der Waals surface area contributed by atoms with Crippen LogP contribution in [0.1, 0.15) is 36.5 Å². The first kappa shape index (κ1) is 20.9. The fraction of sp³-hybridized carbons (Fsp3) is 0.435. The number of hydrogen-bond acceptors (Lipinski definition) is 4. The topological polar surface area (TPSA) is 66.9 Å². The van der Waals surface area contributed by atoms with Crippen LogP contribution in [0.3, 0.4) is 0 Å². The van der Waals surface area contributed by atoms with E-state index >= 15 is 0 Å². The number of carbonyl (C=O) groups excluding carboxylic acids is 1. The standard InChI is InChI=1S/C23H28N2O4S/c1-17-5-8-21(9-6-17)30(27,28)25-12-4-11-23(16-25)15-24(19(3)26)14-20-13-18(2)7-10-22(20)29-23/h5-10,13H,4,11-12,14-16H2,1-3H3/t23-/m1/s1. The zero-order chi connectivity index (χ0) is 21.5. The Balaban J connectivity index is 1.69. The van der Waals surface area contributed by atoms with E-state index in [2.05, 4.69) is 0 Å². The highest BCUT2D eigenvalue weighted by molar-refractivity contribution is 7.89. The van der Waals surface area contributed by atoms with Crippen molar-refractivity contribution in [2.24, 2.45) is 0 Å². The maximum atomic E-state index is 13.3. The first-order valence-electron chi connectivity index (χ1n) is 10.3. The maximum absolute atomic E-state index is 13.3. The molecule has 2 aliphatic rings. The Kier molecular flexibility index (Phi) is 5.36. The number of piperidine rings is 1. The lowest BCUT2D eigenvalue weighted by Gasteiger charge is -2.43. The third-order valence-electron chi connectivity index (χ3n) is 5.99. The van der Waals surface area contributed by atoms with E-state index < -0.39 is 15.6 Å². The van der Waals surface area contributed by atoms with Gasteiger partial charge in [0, 0.05) is 25.6 Å². The second-order valence-electron chi connectivity index (χ2n) is 8.53. The van der Waals surface area contributed by atoms with Crippen LogP contribution >= 0.6 is 0 Å². The number of ether oxygens (including phenoxy) is 1. The van der Waals surface area contributed by atoms with Gasteiger partial charge >= 0.3 is 0 Å². The van der Waals surface area contributed by atoms with Gasteiger partial charge in [0.25, 0.3) is 0 Å². The molecule has 7 heteroatoms. The lowest BCUT2D eigenvalue weighted by Crippen LogP contribution is -2.58. The van der Waals surface area contributed by atoms with Crippen LogP contribution in [-0.4, -0.2) is 48.8 Å². The Morgan fingerprint density at radius 2 is 1.73 bits per heavy atom. The van der Waals surface area contributed by atoms with Crippen molar-refractivity contribution in [1.29, 1.82) is 0 Å². The summed E-state index contributed by atoms with van der Waals surface area (Å²) in [5, 5.41) is 0. The van der Waals surface area contributed by atoms with E-state index in [1.54, 1.807) is 24.0 Å². The molecule has 1 amide bonds. The largest absolute Gasteiger partial charge is 0.484 e. The number of hydrogen-bond donors (Lipinski definition) is 0. The first-order valence-corrected chi connectivity index (χ1v) is 11.7. The number of amides is 1. The van der Waals surface area contributed by atoms with Crippen molar-refractivity contribution in [2.75, 3.05) is 19.6 Å². The molecule has 0 N–H and O–H groups in total. The summed E-state index contributed by atoms with van der Waals surface area (Å²) in [7, 11) is -3.64. The van der Waals surface area contributed by atoms with E-state index in [1.165, 1.54) is 4.31 Å². The molecule has 1 spiro atoms. The molecule has 1 fully saturated rings. The third kappa shape index (κ3) is 3.96. The number of nitrogens with zero attached hydrogens (tertiary/aromatic N) is 2. The SMILES string of the molecule is CC(=O)N1Cc2cc(C)ccc2O[C@]2(CCCN(S(=O)(=O)c3ccc(C)cc3)C2)C1. The van der Waals surface area contributed by atoms with Crippen LogP contribution in [0.15, 0.2) is 47.4 Å². The molecule has 0 saturated carbocycles. The molecule has 1 atom stereocenters. The molecule has 0 radical (unpaired) electrons. The summed E-state index contributed by atoms with van der Waals surface area (Å²) < 4.78 is 34.6. The summed E-state index contributed by atoms with van der Waals surface area (Å²) in [6.45, 7) is 7.01. The summed E-state index contributed by atoms with van der Waals surface area (Å²) in [6, 6.07) is 12.9. The zero-order valence-corrected chi connectivity index (χ0v) is 18.5. The van der Waals surface area contributed by atoms with Gasteiger partial charge in [0.1, 0.15) is 11.4 Å². The molecule has 2 aromatic rings. The van der Waals surface area contributed by atoms with Gasteiger partial charge in [-0.2, -0.15) is 4.31 Å². The summed E-state index contributed by atoms with van der Waals surface area (Å²) >= 11 is 0.